The summed E-state index contributed by atoms with van der Waals surface area (Å²) in [5.41, 5.74) is 2.90. The van der Waals surface area contributed by atoms with Crippen molar-refractivity contribution in [1.82, 2.24) is 10.2 Å². The number of aliphatic hydroxyl groups is 1. The highest BCUT2D eigenvalue weighted by Crippen LogP contribution is 2.22. The molecule has 0 saturated heterocycles. The van der Waals surface area contributed by atoms with Crippen LogP contribution in [0.15, 0.2) is 65.6 Å². The quantitative estimate of drug-likeness (QED) is 0.665. The number of aromatic amines is 1. The van der Waals surface area contributed by atoms with Crippen LogP contribution >= 0.6 is 11.6 Å². The molecule has 122 valence electrons. The number of halogens is 1. The van der Waals surface area contributed by atoms with Crippen molar-refractivity contribution in [2.45, 2.75) is 6.10 Å². The lowest BCUT2D eigenvalue weighted by Crippen LogP contribution is -2.16. The maximum atomic E-state index is 11.4. The van der Waals surface area contributed by atoms with Crippen LogP contribution in [0, 0.1) is 0 Å². The van der Waals surface area contributed by atoms with Crippen LogP contribution in [0.3, 0.4) is 0 Å². The van der Waals surface area contributed by atoms with Gasteiger partial charge in [-0.05, 0) is 16.7 Å². The lowest BCUT2D eigenvalue weighted by atomic mass is 10.0. The molecule has 3 N–H and O–H groups in total. The Morgan fingerprint density at radius 1 is 1.08 bits per heavy atom. The van der Waals surface area contributed by atoms with Gasteiger partial charge in [0.25, 0.3) is 5.56 Å². The number of H-pyrrole nitrogens is 1. The minimum atomic E-state index is -0.731. The number of nitrogens with zero attached hydrogens (tertiary/aromatic N) is 1. The second kappa shape index (κ2) is 7.29. The smallest absolute Gasteiger partial charge is 0.285 e. The first-order valence-electron chi connectivity index (χ1n) is 7.45. The van der Waals surface area contributed by atoms with E-state index < -0.39 is 11.7 Å². The van der Waals surface area contributed by atoms with E-state index in [4.69, 9.17) is 11.6 Å². The molecule has 0 bridgehead atoms. The summed E-state index contributed by atoms with van der Waals surface area (Å²) in [7, 11) is 0. The largest absolute Gasteiger partial charge is 0.387 e. The first-order chi connectivity index (χ1) is 11.6. The Hall–Kier alpha value is -2.63. The fraction of sp³-hybridized carbons (Fsp3) is 0.111. The van der Waals surface area contributed by atoms with Crippen LogP contribution < -0.4 is 10.9 Å². The molecule has 6 heteroatoms. The molecule has 0 fully saturated rings. The van der Waals surface area contributed by atoms with Crippen LogP contribution in [0.25, 0.3) is 11.1 Å². The van der Waals surface area contributed by atoms with Gasteiger partial charge in [0.2, 0.25) is 0 Å². The molecule has 1 heterocycles. The van der Waals surface area contributed by atoms with E-state index in [0.29, 0.717) is 5.69 Å². The number of aromatic nitrogens is 2. The fourth-order valence-electron chi connectivity index (χ4n) is 2.36. The number of aliphatic hydroxyl groups excluding tert-OH is 1. The molecule has 0 amide bonds. The van der Waals surface area contributed by atoms with Gasteiger partial charge in [-0.25, -0.2) is 5.10 Å². The van der Waals surface area contributed by atoms with Crippen molar-refractivity contribution in [3.05, 3.63) is 81.7 Å². The number of hydrogen-bond acceptors (Lipinski definition) is 4. The Morgan fingerprint density at radius 3 is 2.46 bits per heavy atom. The van der Waals surface area contributed by atoms with Crippen molar-refractivity contribution >= 4 is 17.3 Å². The Morgan fingerprint density at radius 2 is 1.75 bits per heavy atom. The first kappa shape index (κ1) is 16.2. The molecule has 1 unspecified atom stereocenters. The molecule has 0 saturated carbocycles. The SMILES string of the molecule is O=c1[nH]ncc(NCC(O)c2ccc(-c3ccccc3)cc2)c1Cl. The second-order valence-electron chi connectivity index (χ2n) is 5.31. The third kappa shape index (κ3) is 3.64. The van der Waals surface area contributed by atoms with Crippen LogP contribution in [-0.2, 0) is 0 Å². The molecule has 3 aromatic rings. The van der Waals surface area contributed by atoms with Crippen LogP contribution in [-0.4, -0.2) is 21.8 Å². The number of rotatable bonds is 5. The summed E-state index contributed by atoms with van der Waals surface area (Å²) in [6, 6.07) is 17.7. The average molecular weight is 342 g/mol. The minimum Gasteiger partial charge on any atom is -0.387 e. The minimum absolute atomic E-state index is 0.0247. The van der Waals surface area contributed by atoms with Crippen molar-refractivity contribution in [2.24, 2.45) is 0 Å². The number of hydrogen-bond donors (Lipinski definition) is 3. The summed E-state index contributed by atoms with van der Waals surface area (Å²) >= 11 is 5.88. The summed E-state index contributed by atoms with van der Waals surface area (Å²) in [5.74, 6) is 0. The maximum Gasteiger partial charge on any atom is 0.285 e. The van der Waals surface area contributed by atoms with Crippen molar-refractivity contribution in [1.29, 1.82) is 0 Å². The summed E-state index contributed by atoms with van der Waals surface area (Å²) in [5, 5.41) is 19.2. The average Bonchev–Trinajstić information content (AvgIpc) is 2.63. The molecule has 0 aliphatic carbocycles. The van der Waals surface area contributed by atoms with Crippen LogP contribution in [0.5, 0.6) is 0 Å². The normalized spacial score (nSPS) is 11.9. The zero-order valence-corrected chi connectivity index (χ0v) is 13.5. The monoisotopic (exact) mass is 341 g/mol. The van der Waals surface area contributed by atoms with Crippen LogP contribution in [0.1, 0.15) is 11.7 Å². The number of benzene rings is 2. The molecule has 5 nitrogen and oxygen atoms in total. The van der Waals surface area contributed by atoms with E-state index in [-0.39, 0.29) is 11.6 Å². The predicted octanol–water partition coefficient (Wildman–Crippen LogP) is 3.24. The van der Waals surface area contributed by atoms with Crippen molar-refractivity contribution in [3.8, 4) is 11.1 Å². The Labute approximate surface area is 143 Å². The Bertz CT molecular complexity index is 863. The summed E-state index contributed by atoms with van der Waals surface area (Å²) in [6.07, 6.45) is 0.680. The zero-order valence-electron chi connectivity index (χ0n) is 12.7. The third-order valence-electron chi connectivity index (χ3n) is 3.68. The van der Waals surface area contributed by atoms with E-state index >= 15 is 0 Å². The highest BCUT2D eigenvalue weighted by atomic mass is 35.5. The Balaban J connectivity index is 1.68. The molecule has 3 rings (SSSR count). The lowest BCUT2D eigenvalue weighted by Gasteiger charge is -2.14. The Kier molecular flexibility index (Phi) is 4.93. The lowest BCUT2D eigenvalue weighted by molar-refractivity contribution is 0.191. The third-order valence-corrected chi connectivity index (χ3v) is 4.06. The van der Waals surface area contributed by atoms with Crippen LogP contribution in [0.2, 0.25) is 5.02 Å². The first-order valence-corrected chi connectivity index (χ1v) is 7.83. The van der Waals surface area contributed by atoms with Crippen molar-refractivity contribution in [2.75, 3.05) is 11.9 Å². The molecule has 0 aliphatic rings. The van der Waals surface area contributed by atoms with Gasteiger partial charge < -0.3 is 10.4 Å². The topological polar surface area (TPSA) is 78.0 Å². The van der Waals surface area contributed by atoms with Gasteiger partial charge in [0.05, 0.1) is 18.0 Å². The molecule has 24 heavy (non-hydrogen) atoms. The van der Waals surface area contributed by atoms with E-state index in [1.807, 2.05) is 54.6 Å². The summed E-state index contributed by atoms with van der Waals surface area (Å²) in [4.78, 5) is 11.4. The molecule has 1 aromatic heterocycles. The molecular formula is C18H16ClN3O2. The van der Waals surface area contributed by atoms with Crippen molar-refractivity contribution in [3.63, 3.8) is 0 Å². The number of anilines is 1. The fourth-order valence-corrected chi connectivity index (χ4v) is 2.52. The molecule has 0 spiro atoms. The van der Waals surface area contributed by atoms with Gasteiger partial charge in [0.1, 0.15) is 5.02 Å². The highest BCUT2D eigenvalue weighted by molar-refractivity contribution is 6.32. The predicted molar refractivity (Wildman–Crippen MR) is 95.2 cm³/mol. The van der Waals surface area contributed by atoms with E-state index in [1.54, 1.807) is 0 Å². The van der Waals surface area contributed by atoms with Gasteiger partial charge in [-0.3, -0.25) is 4.79 Å². The molecule has 2 aromatic carbocycles. The van der Waals surface area contributed by atoms with E-state index in [1.165, 1.54) is 6.20 Å². The van der Waals surface area contributed by atoms with Crippen LogP contribution in [0.4, 0.5) is 5.69 Å². The molecule has 0 radical (unpaired) electrons. The van der Waals surface area contributed by atoms with Gasteiger partial charge in [0, 0.05) is 6.54 Å². The van der Waals surface area contributed by atoms with E-state index in [9.17, 15) is 9.90 Å². The van der Waals surface area contributed by atoms with Gasteiger partial charge in [-0.2, -0.15) is 5.10 Å². The van der Waals surface area contributed by atoms with E-state index in [2.05, 4.69) is 15.5 Å². The molecule has 0 aliphatic heterocycles. The highest BCUT2D eigenvalue weighted by Gasteiger charge is 2.10. The summed E-state index contributed by atoms with van der Waals surface area (Å²) in [6.45, 7) is 0.218. The van der Waals surface area contributed by atoms with Gasteiger partial charge in [-0.1, -0.05) is 66.2 Å². The maximum absolute atomic E-state index is 11.4. The zero-order chi connectivity index (χ0) is 16.9. The number of nitrogens with one attached hydrogen (secondary N) is 2. The van der Waals surface area contributed by atoms with Gasteiger partial charge in [-0.15, -0.1) is 0 Å². The van der Waals surface area contributed by atoms with Gasteiger partial charge >= 0.3 is 0 Å². The standard InChI is InChI=1S/C18H16ClN3O2/c19-17-15(10-21-22-18(17)24)20-11-16(23)14-8-6-13(7-9-14)12-4-2-1-3-5-12/h1-10,16,23H,11H2,(H2,20,22,24). The summed E-state index contributed by atoms with van der Waals surface area (Å²) < 4.78 is 0. The molecular weight excluding hydrogens is 326 g/mol. The molecule has 1 atom stereocenters. The second-order valence-corrected chi connectivity index (χ2v) is 5.69. The van der Waals surface area contributed by atoms with Crippen molar-refractivity contribution < 1.29 is 5.11 Å². The van der Waals surface area contributed by atoms with E-state index in [0.717, 1.165) is 16.7 Å². The van der Waals surface area contributed by atoms with Gasteiger partial charge in [0.15, 0.2) is 0 Å².